The molecule has 1 unspecified atom stereocenters. The predicted octanol–water partition coefficient (Wildman–Crippen LogP) is 2.63. The molecule has 3 nitrogen and oxygen atoms in total. The van der Waals surface area contributed by atoms with Crippen molar-refractivity contribution in [3.8, 4) is 0 Å². The smallest absolute Gasteiger partial charge is 0.0148 e. The maximum absolute atomic E-state index is 4.41. The quantitative estimate of drug-likeness (QED) is 0.660. The van der Waals surface area contributed by atoms with Crippen molar-refractivity contribution in [1.29, 1.82) is 0 Å². The lowest BCUT2D eigenvalue weighted by molar-refractivity contribution is 0.260. The second kappa shape index (κ2) is 10.6. The lowest BCUT2D eigenvalue weighted by Gasteiger charge is -2.27. The highest BCUT2D eigenvalue weighted by Crippen LogP contribution is 2.07. The van der Waals surface area contributed by atoms with Gasteiger partial charge in [0.1, 0.15) is 0 Å². The molecule has 1 rings (SSSR count). The lowest BCUT2D eigenvalue weighted by atomic mass is 10.0. The monoisotopic (exact) mass is 268 g/mol. The molecule has 1 aliphatic heterocycles. The Bertz CT molecular complexity index is 196. The molecule has 1 radical (unpaired) electrons. The molecule has 1 atom stereocenters. The molecule has 0 aromatic carbocycles. The van der Waals surface area contributed by atoms with E-state index in [1.807, 2.05) is 0 Å². The van der Waals surface area contributed by atoms with Gasteiger partial charge in [-0.05, 0) is 65.1 Å². The molecule has 0 aromatic heterocycles. The van der Waals surface area contributed by atoms with Crippen molar-refractivity contribution in [1.82, 2.24) is 15.5 Å². The highest BCUT2D eigenvalue weighted by molar-refractivity contribution is 4.77. The maximum atomic E-state index is 4.41. The summed E-state index contributed by atoms with van der Waals surface area (Å²) < 4.78 is 0. The summed E-state index contributed by atoms with van der Waals surface area (Å²) in [5, 5.41) is 8.19. The molecule has 0 spiro atoms. The first kappa shape index (κ1) is 16.9. The Hall–Kier alpha value is -0.120. The molecular formula is C16H34N3. The van der Waals surface area contributed by atoms with Crippen molar-refractivity contribution in [2.75, 3.05) is 32.7 Å². The Morgan fingerprint density at radius 3 is 2.32 bits per heavy atom. The van der Waals surface area contributed by atoms with Gasteiger partial charge in [-0.15, -0.1) is 0 Å². The third-order valence-electron chi connectivity index (χ3n) is 3.98. The average molecular weight is 268 g/mol. The molecule has 113 valence electrons. The topological polar surface area (TPSA) is 29.4 Å². The summed E-state index contributed by atoms with van der Waals surface area (Å²) in [6.07, 6.45) is 7.66. The van der Waals surface area contributed by atoms with Crippen LogP contribution in [0.4, 0.5) is 0 Å². The van der Waals surface area contributed by atoms with Gasteiger partial charge in [-0.1, -0.05) is 13.8 Å². The van der Waals surface area contributed by atoms with E-state index in [0.717, 1.165) is 19.1 Å². The van der Waals surface area contributed by atoms with Crippen LogP contribution < -0.4 is 10.6 Å². The van der Waals surface area contributed by atoms with Crippen LogP contribution in [0.5, 0.6) is 0 Å². The summed E-state index contributed by atoms with van der Waals surface area (Å²) in [6.45, 7) is 12.8. The van der Waals surface area contributed by atoms with E-state index in [9.17, 15) is 0 Å². The summed E-state index contributed by atoms with van der Waals surface area (Å²) in [6, 6.07) is 1.38. The van der Waals surface area contributed by atoms with E-state index in [4.69, 9.17) is 0 Å². The number of nitrogens with zero attached hydrogens (tertiary/aromatic N) is 2. The Morgan fingerprint density at radius 2 is 1.74 bits per heavy atom. The summed E-state index contributed by atoms with van der Waals surface area (Å²) in [5.41, 5.74) is 0. The SMILES string of the molecule is CCCN(CCC)CCCC(C)NC1CC[N]CC1. The molecule has 0 bridgehead atoms. The normalized spacial score (nSPS) is 18.9. The number of hydrogen-bond acceptors (Lipinski definition) is 2. The standard InChI is InChI=1S/C16H34N3/c1-4-12-19(13-5-2)14-6-7-15(3)18-16-8-10-17-11-9-16/h15-16,18H,4-14H2,1-3H3. The number of nitrogens with one attached hydrogen (secondary N) is 1. The molecule has 1 saturated heterocycles. The Labute approximate surface area is 120 Å². The van der Waals surface area contributed by atoms with Crippen LogP contribution in [0.2, 0.25) is 0 Å². The van der Waals surface area contributed by atoms with Gasteiger partial charge in [-0.3, -0.25) is 0 Å². The zero-order valence-electron chi connectivity index (χ0n) is 13.3. The average Bonchev–Trinajstić information content (AvgIpc) is 2.40. The minimum absolute atomic E-state index is 0.660. The molecule has 0 amide bonds. The molecule has 1 N–H and O–H groups in total. The van der Waals surface area contributed by atoms with E-state index in [0.29, 0.717) is 6.04 Å². The van der Waals surface area contributed by atoms with Gasteiger partial charge in [0.15, 0.2) is 0 Å². The minimum Gasteiger partial charge on any atom is -0.311 e. The van der Waals surface area contributed by atoms with Gasteiger partial charge in [0.05, 0.1) is 0 Å². The van der Waals surface area contributed by atoms with Gasteiger partial charge in [-0.2, -0.15) is 0 Å². The van der Waals surface area contributed by atoms with Crippen LogP contribution in [0.1, 0.15) is 59.3 Å². The largest absolute Gasteiger partial charge is 0.311 e. The van der Waals surface area contributed by atoms with Gasteiger partial charge >= 0.3 is 0 Å². The Morgan fingerprint density at radius 1 is 1.11 bits per heavy atom. The number of piperidine rings is 1. The van der Waals surface area contributed by atoms with Crippen LogP contribution in [0, 0.1) is 0 Å². The van der Waals surface area contributed by atoms with Gasteiger partial charge in [-0.25, -0.2) is 5.32 Å². The van der Waals surface area contributed by atoms with E-state index in [-0.39, 0.29) is 0 Å². The first-order valence-corrected chi connectivity index (χ1v) is 8.37. The van der Waals surface area contributed by atoms with Crippen molar-refractivity contribution in [3.63, 3.8) is 0 Å². The molecule has 0 aliphatic carbocycles. The van der Waals surface area contributed by atoms with E-state index in [1.165, 1.54) is 58.2 Å². The lowest BCUT2D eigenvalue weighted by Crippen LogP contribution is -2.42. The van der Waals surface area contributed by atoms with Crippen LogP contribution in [0.15, 0.2) is 0 Å². The number of hydrogen-bond donors (Lipinski definition) is 1. The van der Waals surface area contributed by atoms with Crippen LogP contribution in [-0.2, 0) is 0 Å². The highest BCUT2D eigenvalue weighted by atomic mass is 15.1. The molecule has 3 heteroatoms. The minimum atomic E-state index is 0.660. The Balaban J connectivity index is 2.09. The molecule has 0 saturated carbocycles. The van der Waals surface area contributed by atoms with Crippen molar-refractivity contribution < 1.29 is 0 Å². The third kappa shape index (κ3) is 7.91. The van der Waals surface area contributed by atoms with Crippen LogP contribution >= 0.6 is 0 Å². The molecular weight excluding hydrogens is 234 g/mol. The zero-order chi connectivity index (χ0) is 13.9. The third-order valence-corrected chi connectivity index (χ3v) is 3.98. The second-order valence-corrected chi connectivity index (χ2v) is 6.00. The fourth-order valence-corrected chi connectivity index (χ4v) is 2.99. The van der Waals surface area contributed by atoms with Gasteiger partial charge in [0.2, 0.25) is 0 Å². The van der Waals surface area contributed by atoms with Gasteiger partial charge < -0.3 is 10.2 Å². The van der Waals surface area contributed by atoms with Crippen molar-refractivity contribution >= 4 is 0 Å². The zero-order valence-corrected chi connectivity index (χ0v) is 13.3. The van der Waals surface area contributed by atoms with Crippen molar-refractivity contribution in [2.24, 2.45) is 0 Å². The van der Waals surface area contributed by atoms with Gasteiger partial charge in [0, 0.05) is 25.2 Å². The van der Waals surface area contributed by atoms with Crippen molar-refractivity contribution in [2.45, 2.75) is 71.4 Å². The summed E-state index contributed by atoms with van der Waals surface area (Å²) >= 11 is 0. The number of rotatable bonds is 10. The molecule has 1 aliphatic rings. The predicted molar refractivity (Wildman–Crippen MR) is 83.7 cm³/mol. The maximum Gasteiger partial charge on any atom is 0.0148 e. The van der Waals surface area contributed by atoms with E-state index < -0.39 is 0 Å². The van der Waals surface area contributed by atoms with Crippen LogP contribution in [-0.4, -0.2) is 49.7 Å². The molecule has 19 heavy (non-hydrogen) atoms. The molecule has 1 heterocycles. The van der Waals surface area contributed by atoms with Gasteiger partial charge in [0.25, 0.3) is 0 Å². The van der Waals surface area contributed by atoms with E-state index >= 15 is 0 Å². The second-order valence-electron chi connectivity index (χ2n) is 6.00. The van der Waals surface area contributed by atoms with Crippen molar-refractivity contribution in [3.05, 3.63) is 0 Å². The first-order chi connectivity index (χ1) is 9.26. The van der Waals surface area contributed by atoms with Crippen LogP contribution in [0.3, 0.4) is 0 Å². The highest BCUT2D eigenvalue weighted by Gasteiger charge is 2.15. The van der Waals surface area contributed by atoms with E-state index in [2.05, 4.69) is 36.3 Å². The summed E-state index contributed by atoms with van der Waals surface area (Å²) in [7, 11) is 0. The fourth-order valence-electron chi connectivity index (χ4n) is 2.99. The summed E-state index contributed by atoms with van der Waals surface area (Å²) in [4.78, 5) is 2.62. The molecule has 1 fully saturated rings. The van der Waals surface area contributed by atoms with Crippen LogP contribution in [0.25, 0.3) is 0 Å². The first-order valence-electron chi connectivity index (χ1n) is 8.37. The summed E-state index contributed by atoms with van der Waals surface area (Å²) in [5.74, 6) is 0. The fraction of sp³-hybridized carbons (Fsp3) is 1.00. The Kier molecular flexibility index (Phi) is 9.48. The molecule has 0 aromatic rings. The van der Waals surface area contributed by atoms with E-state index in [1.54, 1.807) is 0 Å².